The van der Waals surface area contributed by atoms with Crippen molar-refractivity contribution in [3.8, 4) is 0 Å². The number of rotatable bonds is 4. The average Bonchev–Trinajstić information content (AvgIpc) is 2.77. The van der Waals surface area contributed by atoms with Crippen LogP contribution in [0.25, 0.3) is 0 Å². The molecule has 1 heterocycles. The van der Waals surface area contributed by atoms with Gasteiger partial charge in [0.2, 0.25) is 0 Å². The lowest BCUT2D eigenvalue weighted by Gasteiger charge is -2.32. The molecule has 3 rings (SSSR count). The van der Waals surface area contributed by atoms with Crippen LogP contribution in [-0.2, 0) is 4.74 Å². The van der Waals surface area contributed by atoms with E-state index in [9.17, 15) is 0 Å². The molecule has 3 unspecified atom stereocenters. The van der Waals surface area contributed by atoms with Crippen LogP contribution in [0.4, 0.5) is 0 Å². The Bertz CT molecular complexity index is 431. The van der Waals surface area contributed by atoms with E-state index in [1.165, 1.54) is 30.4 Å². The van der Waals surface area contributed by atoms with Gasteiger partial charge in [0.15, 0.2) is 0 Å². The van der Waals surface area contributed by atoms with Crippen LogP contribution in [0.3, 0.4) is 0 Å². The number of nitrogens with one attached hydrogen (secondary N) is 1. The molecule has 1 aromatic carbocycles. The molecular weight excluding hydrogens is 236 g/mol. The van der Waals surface area contributed by atoms with Crippen LogP contribution in [0.15, 0.2) is 24.3 Å². The molecule has 1 aliphatic heterocycles. The van der Waals surface area contributed by atoms with Crippen LogP contribution < -0.4 is 11.3 Å². The summed E-state index contributed by atoms with van der Waals surface area (Å²) in [5.41, 5.74) is 5.81. The third-order valence-corrected chi connectivity index (χ3v) is 4.69. The summed E-state index contributed by atoms with van der Waals surface area (Å²) in [6.07, 6.45) is 6.78. The number of nitrogens with two attached hydrogens (primary N) is 1. The van der Waals surface area contributed by atoms with Crippen molar-refractivity contribution in [3.63, 3.8) is 0 Å². The molecule has 3 heteroatoms. The summed E-state index contributed by atoms with van der Waals surface area (Å²) >= 11 is 0. The van der Waals surface area contributed by atoms with Crippen molar-refractivity contribution in [1.29, 1.82) is 0 Å². The summed E-state index contributed by atoms with van der Waals surface area (Å²) in [5, 5.41) is 0. The highest BCUT2D eigenvalue weighted by atomic mass is 16.5. The third-order valence-electron chi connectivity index (χ3n) is 4.69. The molecule has 0 bridgehead atoms. The topological polar surface area (TPSA) is 47.3 Å². The van der Waals surface area contributed by atoms with E-state index in [1.54, 1.807) is 0 Å². The molecule has 0 amide bonds. The SMILES string of the molecule is CC1CCC(C(NN)c2ccccc2C2CCC2)O1. The number of hydrogen-bond donors (Lipinski definition) is 2. The highest BCUT2D eigenvalue weighted by Crippen LogP contribution is 2.41. The summed E-state index contributed by atoms with van der Waals surface area (Å²) in [6.45, 7) is 2.14. The summed E-state index contributed by atoms with van der Waals surface area (Å²) in [5.74, 6) is 6.56. The maximum atomic E-state index is 6.01. The lowest BCUT2D eigenvalue weighted by molar-refractivity contribution is 0.0312. The molecule has 3 atom stereocenters. The van der Waals surface area contributed by atoms with Crippen LogP contribution in [-0.4, -0.2) is 12.2 Å². The third kappa shape index (κ3) is 2.55. The summed E-state index contributed by atoms with van der Waals surface area (Å²) < 4.78 is 6.01. The first-order valence-electron chi connectivity index (χ1n) is 7.50. The first kappa shape index (κ1) is 13.1. The molecule has 2 fully saturated rings. The number of hydrazine groups is 1. The minimum atomic E-state index is 0.127. The second kappa shape index (κ2) is 5.61. The zero-order valence-corrected chi connectivity index (χ0v) is 11.6. The Morgan fingerprint density at radius 3 is 2.58 bits per heavy atom. The average molecular weight is 260 g/mol. The highest BCUT2D eigenvalue weighted by Gasteiger charge is 2.33. The maximum Gasteiger partial charge on any atom is 0.0787 e. The Balaban J connectivity index is 1.86. The number of hydrogen-bond acceptors (Lipinski definition) is 3. The van der Waals surface area contributed by atoms with E-state index in [-0.39, 0.29) is 12.1 Å². The van der Waals surface area contributed by atoms with Crippen molar-refractivity contribution in [2.75, 3.05) is 0 Å². The largest absolute Gasteiger partial charge is 0.373 e. The van der Waals surface area contributed by atoms with Crippen LogP contribution in [0, 0.1) is 0 Å². The molecule has 0 radical (unpaired) electrons. The molecular formula is C16H24N2O. The maximum absolute atomic E-state index is 6.01. The van der Waals surface area contributed by atoms with Crippen molar-refractivity contribution in [2.24, 2.45) is 5.84 Å². The van der Waals surface area contributed by atoms with E-state index in [4.69, 9.17) is 10.6 Å². The van der Waals surface area contributed by atoms with Crippen molar-refractivity contribution in [1.82, 2.24) is 5.43 Å². The van der Waals surface area contributed by atoms with Gasteiger partial charge >= 0.3 is 0 Å². The normalized spacial score (nSPS) is 29.2. The van der Waals surface area contributed by atoms with E-state index in [2.05, 4.69) is 36.6 Å². The molecule has 19 heavy (non-hydrogen) atoms. The predicted molar refractivity (Wildman–Crippen MR) is 76.7 cm³/mol. The van der Waals surface area contributed by atoms with Gasteiger partial charge in [-0.2, -0.15) is 0 Å². The first-order valence-corrected chi connectivity index (χ1v) is 7.50. The van der Waals surface area contributed by atoms with E-state index >= 15 is 0 Å². The molecule has 1 aromatic rings. The lowest BCUT2D eigenvalue weighted by Crippen LogP contribution is -2.37. The molecule has 3 nitrogen and oxygen atoms in total. The summed E-state index contributed by atoms with van der Waals surface area (Å²) in [6, 6.07) is 8.86. The van der Waals surface area contributed by atoms with Gasteiger partial charge in [-0.1, -0.05) is 30.7 Å². The zero-order chi connectivity index (χ0) is 13.2. The van der Waals surface area contributed by atoms with Gasteiger partial charge in [0, 0.05) is 0 Å². The summed E-state index contributed by atoms with van der Waals surface area (Å²) in [7, 11) is 0. The first-order chi connectivity index (χ1) is 9.29. The summed E-state index contributed by atoms with van der Waals surface area (Å²) in [4.78, 5) is 0. The zero-order valence-electron chi connectivity index (χ0n) is 11.6. The molecule has 3 N–H and O–H groups in total. The van der Waals surface area contributed by atoms with E-state index < -0.39 is 0 Å². The monoisotopic (exact) mass is 260 g/mol. The minimum absolute atomic E-state index is 0.127. The van der Waals surface area contributed by atoms with Crippen LogP contribution >= 0.6 is 0 Å². The van der Waals surface area contributed by atoms with E-state index in [1.807, 2.05) is 0 Å². The Morgan fingerprint density at radius 2 is 2.00 bits per heavy atom. The molecule has 1 saturated heterocycles. The van der Waals surface area contributed by atoms with Crippen LogP contribution in [0.2, 0.25) is 0 Å². The van der Waals surface area contributed by atoms with Gasteiger partial charge < -0.3 is 4.74 Å². The van der Waals surface area contributed by atoms with Crippen LogP contribution in [0.1, 0.15) is 62.1 Å². The smallest absolute Gasteiger partial charge is 0.0787 e. The fourth-order valence-electron chi connectivity index (χ4n) is 3.36. The predicted octanol–water partition coefficient (Wildman–Crippen LogP) is 3.03. The van der Waals surface area contributed by atoms with Gasteiger partial charge in [0.05, 0.1) is 18.2 Å². The lowest BCUT2D eigenvalue weighted by atomic mass is 9.76. The second-order valence-electron chi connectivity index (χ2n) is 5.96. The van der Waals surface area contributed by atoms with Gasteiger partial charge in [-0.05, 0) is 49.7 Å². The van der Waals surface area contributed by atoms with Crippen molar-refractivity contribution < 1.29 is 4.74 Å². The van der Waals surface area contributed by atoms with Gasteiger partial charge in [-0.25, -0.2) is 0 Å². The van der Waals surface area contributed by atoms with Crippen molar-refractivity contribution >= 4 is 0 Å². The highest BCUT2D eigenvalue weighted by molar-refractivity contribution is 5.35. The fourth-order valence-corrected chi connectivity index (χ4v) is 3.36. The van der Waals surface area contributed by atoms with E-state index in [0.29, 0.717) is 6.10 Å². The molecule has 0 aromatic heterocycles. The Hall–Kier alpha value is -0.900. The molecule has 1 aliphatic carbocycles. The fraction of sp³-hybridized carbons (Fsp3) is 0.625. The van der Waals surface area contributed by atoms with Crippen molar-refractivity contribution in [3.05, 3.63) is 35.4 Å². The van der Waals surface area contributed by atoms with Crippen LogP contribution in [0.5, 0.6) is 0 Å². The minimum Gasteiger partial charge on any atom is -0.373 e. The quantitative estimate of drug-likeness (QED) is 0.646. The van der Waals surface area contributed by atoms with Crippen molar-refractivity contribution in [2.45, 2.75) is 63.2 Å². The van der Waals surface area contributed by atoms with Gasteiger partial charge in [-0.3, -0.25) is 11.3 Å². The van der Waals surface area contributed by atoms with Gasteiger partial charge in [0.25, 0.3) is 0 Å². The number of benzene rings is 1. The molecule has 2 aliphatic rings. The second-order valence-corrected chi connectivity index (χ2v) is 5.96. The Kier molecular flexibility index (Phi) is 3.87. The Labute approximate surface area is 115 Å². The molecule has 1 saturated carbocycles. The number of ether oxygens (including phenoxy) is 1. The standard InChI is InChI=1S/C16H24N2O/c1-11-9-10-15(19-11)16(18-17)14-8-3-2-7-13(14)12-5-4-6-12/h2-3,7-8,11-12,15-16,18H,4-6,9-10,17H2,1H3. The molecule has 104 valence electrons. The Morgan fingerprint density at radius 1 is 1.21 bits per heavy atom. The van der Waals surface area contributed by atoms with Gasteiger partial charge in [0.1, 0.15) is 0 Å². The van der Waals surface area contributed by atoms with Gasteiger partial charge in [-0.15, -0.1) is 0 Å². The molecule has 0 spiro atoms. The van der Waals surface area contributed by atoms with E-state index in [0.717, 1.165) is 18.8 Å².